The molecule has 1 N–H and O–H groups in total. The Labute approximate surface area is 164 Å². The third-order valence-electron chi connectivity index (χ3n) is 4.53. The summed E-state index contributed by atoms with van der Waals surface area (Å²) in [5.74, 6) is 0.339. The van der Waals surface area contributed by atoms with E-state index in [4.69, 9.17) is 9.72 Å². The minimum absolute atomic E-state index is 0.212. The van der Waals surface area contributed by atoms with Crippen molar-refractivity contribution in [3.63, 3.8) is 0 Å². The zero-order valence-electron chi connectivity index (χ0n) is 16.1. The molecule has 1 aromatic heterocycles. The van der Waals surface area contributed by atoms with E-state index >= 15 is 0 Å². The second-order valence-electron chi connectivity index (χ2n) is 6.49. The van der Waals surface area contributed by atoms with Gasteiger partial charge in [0.25, 0.3) is 5.91 Å². The number of anilines is 1. The number of thiazole rings is 1. The number of hydrogen-bond acceptors (Lipinski definition) is 4. The molecule has 4 nitrogen and oxygen atoms in total. The topological polar surface area (TPSA) is 51.2 Å². The summed E-state index contributed by atoms with van der Waals surface area (Å²) < 4.78 is 5.29. The molecular weight excluding hydrogens is 356 g/mol. The zero-order valence-corrected chi connectivity index (χ0v) is 16.9. The average Bonchev–Trinajstić information content (AvgIpc) is 3.06. The van der Waals surface area contributed by atoms with Gasteiger partial charge < -0.3 is 4.74 Å². The molecule has 0 radical (unpaired) electrons. The molecule has 0 saturated heterocycles. The zero-order chi connectivity index (χ0) is 19.4. The van der Waals surface area contributed by atoms with Crippen molar-refractivity contribution < 1.29 is 9.53 Å². The van der Waals surface area contributed by atoms with E-state index in [2.05, 4.69) is 44.3 Å². The van der Waals surface area contributed by atoms with Crippen LogP contribution in [-0.4, -0.2) is 18.0 Å². The van der Waals surface area contributed by atoms with Crippen LogP contribution in [-0.2, 0) is 6.42 Å². The third-order valence-corrected chi connectivity index (χ3v) is 5.56. The highest BCUT2D eigenvalue weighted by Crippen LogP contribution is 2.33. The number of carbonyl (C=O) groups is 1. The lowest BCUT2D eigenvalue weighted by Crippen LogP contribution is -2.12. The third kappa shape index (κ3) is 4.19. The second kappa shape index (κ2) is 8.35. The number of para-hydroxylation sites is 1. The summed E-state index contributed by atoms with van der Waals surface area (Å²) >= 11 is 1.54. The first-order valence-corrected chi connectivity index (χ1v) is 9.86. The van der Waals surface area contributed by atoms with E-state index in [1.807, 2.05) is 12.1 Å². The Kier molecular flexibility index (Phi) is 5.91. The molecule has 0 bridgehead atoms. The van der Waals surface area contributed by atoms with Crippen LogP contribution in [0.3, 0.4) is 0 Å². The van der Waals surface area contributed by atoms with Gasteiger partial charge in [-0.05, 0) is 49.6 Å². The summed E-state index contributed by atoms with van der Waals surface area (Å²) in [7, 11) is 1.56. The molecule has 0 fully saturated rings. The van der Waals surface area contributed by atoms with E-state index in [0.717, 1.165) is 24.1 Å². The minimum atomic E-state index is -0.212. The summed E-state index contributed by atoms with van der Waals surface area (Å²) in [6.07, 6.45) is 1.96. The van der Waals surface area contributed by atoms with Gasteiger partial charge in [0.2, 0.25) is 0 Å². The van der Waals surface area contributed by atoms with E-state index in [1.54, 1.807) is 30.6 Å². The Morgan fingerprint density at radius 2 is 1.93 bits per heavy atom. The molecule has 1 heterocycles. The van der Waals surface area contributed by atoms with Crippen LogP contribution in [0.4, 0.5) is 5.13 Å². The second-order valence-corrected chi connectivity index (χ2v) is 7.58. The first kappa shape index (κ1) is 19.1. The standard InChI is InChI=1S/C22H24N2O2S/c1-5-8-19-20(16-12-11-14(2)15(3)13-16)23-22(27-19)24-21(25)17-9-6-7-10-18(17)26-4/h6-7,9-13H,5,8H2,1-4H3,(H,23,24,25). The Balaban J connectivity index is 1.92. The SMILES string of the molecule is CCCc1sc(NC(=O)c2ccccc2OC)nc1-c1ccc(C)c(C)c1. The van der Waals surface area contributed by atoms with Crippen LogP contribution in [0.25, 0.3) is 11.3 Å². The summed E-state index contributed by atoms with van der Waals surface area (Å²) in [5, 5.41) is 3.55. The van der Waals surface area contributed by atoms with E-state index in [1.165, 1.54) is 16.0 Å². The molecule has 0 saturated carbocycles. The number of carbonyl (C=O) groups excluding carboxylic acids is 1. The van der Waals surface area contributed by atoms with Gasteiger partial charge >= 0.3 is 0 Å². The number of amides is 1. The van der Waals surface area contributed by atoms with Crippen LogP contribution in [0.1, 0.15) is 39.7 Å². The quantitative estimate of drug-likeness (QED) is 0.602. The lowest BCUT2D eigenvalue weighted by Gasteiger charge is -2.07. The van der Waals surface area contributed by atoms with Crippen LogP contribution >= 0.6 is 11.3 Å². The number of nitrogens with one attached hydrogen (secondary N) is 1. The molecular formula is C22H24N2O2S. The number of methoxy groups -OCH3 is 1. The van der Waals surface area contributed by atoms with Crippen molar-refractivity contribution in [2.45, 2.75) is 33.6 Å². The van der Waals surface area contributed by atoms with Gasteiger partial charge in [-0.1, -0.05) is 37.6 Å². The molecule has 0 aliphatic heterocycles. The van der Waals surface area contributed by atoms with Gasteiger partial charge in [0.05, 0.1) is 18.4 Å². The highest BCUT2D eigenvalue weighted by molar-refractivity contribution is 7.16. The van der Waals surface area contributed by atoms with Gasteiger partial charge in [0, 0.05) is 10.4 Å². The van der Waals surface area contributed by atoms with Gasteiger partial charge in [0.15, 0.2) is 5.13 Å². The number of nitrogens with zero attached hydrogens (tertiary/aromatic N) is 1. The molecule has 1 amide bonds. The fourth-order valence-electron chi connectivity index (χ4n) is 2.91. The molecule has 3 aromatic rings. The lowest BCUT2D eigenvalue weighted by atomic mass is 10.0. The van der Waals surface area contributed by atoms with Crippen LogP contribution < -0.4 is 10.1 Å². The summed E-state index contributed by atoms with van der Waals surface area (Å²) in [6, 6.07) is 13.6. The maximum Gasteiger partial charge on any atom is 0.261 e. The van der Waals surface area contributed by atoms with Crippen molar-refractivity contribution in [3.05, 3.63) is 64.0 Å². The van der Waals surface area contributed by atoms with Crippen molar-refractivity contribution in [1.29, 1.82) is 0 Å². The first-order valence-electron chi connectivity index (χ1n) is 9.05. The van der Waals surface area contributed by atoms with Crippen molar-refractivity contribution in [2.75, 3.05) is 12.4 Å². The van der Waals surface area contributed by atoms with Crippen molar-refractivity contribution in [1.82, 2.24) is 4.98 Å². The maximum absolute atomic E-state index is 12.7. The molecule has 2 aromatic carbocycles. The van der Waals surface area contributed by atoms with Crippen molar-refractivity contribution in [2.24, 2.45) is 0 Å². The molecule has 27 heavy (non-hydrogen) atoms. The molecule has 0 aliphatic carbocycles. The number of benzene rings is 2. The largest absolute Gasteiger partial charge is 0.496 e. The van der Waals surface area contributed by atoms with Gasteiger partial charge in [-0.2, -0.15) is 0 Å². The fraction of sp³-hybridized carbons (Fsp3) is 0.273. The molecule has 0 atom stereocenters. The van der Waals surface area contributed by atoms with Crippen LogP contribution in [0, 0.1) is 13.8 Å². The Bertz CT molecular complexity index is 963. The summed E-state index contributed by atoms with van der Waals surface area (Å²) in [6.45, 7) is 6.36. The van der Waals surface area contributed by atoms with E-state index in [-0.39, 0.29) is 5.91 Å². The number of aromatic nitrogens is 1. The first-order chi connectivity index (χ1) is 13.0. The molecule has 0 aliphatic rings. The maximum atomic E-state index is 12.7. The summed E-state index contributed by atoms with van der Waals surface area (Å²) in [5.41, 5.74) is 5.05. The number of hydrogen-bond donors (Lipinski definition) is 1. The van der Waals surface area contributed by atoms with Crippen LogP contribution in [0.2, 0.25) is 0 Å². The highest BCUT2D eigenvalue weighted by Gasteiger charge is 2.17. The van der Waals surface area contributed by atoms with E-state index < -0.39 is 0 Å². The van der Waals surface area contributed by atoms with Gasteiger partial charge in [0.1, 0.15) is 5.75 Å². The normalized spacial score (nSPS) is 10.7. The molecule has 0 unspecified atom stereocenters. The number of rotatable bonds is 6. The Hall–Kier alpha value is -2.66. The van der Waals surface area contributed by atoms with Crippen LogP contribution in [0.15, 0.2) is 42.5 Å². The van der Waals surface area contributed by atoms with E-state index in [0.29, 0.717) is 16.4 Å². The number of ether oxygens (including phenoxy) is 1. The van der Waals surface area contributed by atoms with Gasteiger partial charge in [-0.3, -0.25) is 10.1 Å². The van der Waals surface area contributed by atoms with Crippen LogP contribution in [0.5, 0.6) is 5.75 Å². The Morgan fingerprint density at radius 3 is 2.63 bits per heavy atom. The molecule has 140 valence electrons. The molecule has 0 spiro atoms. The number of aryl methyl sites for hydroxylation is 3. The van der Waals surface area contributed by atoms with Crippen molar-refractivity contribution in [3.8, 4) is 17.0 Å². The monoisotopic (exact) mass is 380 g/mol. The van der Waals surface area contributed by atoms with Crippen molar-refractivity contribution >= 4 is 22.4 Å². The van der Waals surface area contributed by atoms with Gasteiger partial charge in [-0.15, -0.1) is 11.3 Å². The fourth-order valence-corrected chi connectivity index (χ4v) is 3.99. The predicted molar refractivity (Wildman–Crippen MR) is 112 cm³/mol. The predicted octanol–water partition coefficient (Wildman–Crippen LogP) is 5.64. The lowest BCUT2D eigenvalue weighted by molar-refractivity contribution is 0.102. The minimum Gasteiger partial charge on any atom is -0.496 e. The molecule has 3 rings (SSSR count). The summed E-state index contributed by atoms with van der Waals surface area (Å²) in [4.78, 5) is 18.6. The molecule has 5 heteroatoms. The van der Waals surface area contributed by atoms with Gasteiger partial charge in [-0.25, -0.2) is 4.98 Å². The smallest absolute Gasteiger partial charge is 0.261 e. The Morgan fingerprint density at radius 1 is 1.15 bits per heavy atom. The van der Waals surface area contributed by atoms with E-state index in [9.17, 15) is 4.79 Å². The highest BCUT2D eigenvalue weighted by atomic mass is 32.1. The average molecular weight is 381 g/mol.